The van der Waals surface area contributed by atoms with E-state index in [1.165, 1.54) is 25.1 Å². The molecule has 0 saturated carbocycles. The van der Waals surface area contributed by atoms with Gasteiger partial charge in [-0.25, -0.2) is 4.39 Å². The summed E-state index contributed by atoms with van der Waals surface area (Å²) >= 11 is 0. The summed E-state index contributed by atoms with van der Waals surface area (Å²) in [5, 5.41) is 7.01. The van der Waals surface area contributed by atoms with E-state index in [1.54, 1.807) is 7.11 Å². The Morgan fingerprint density at radius 2 is 2.00 bits per heavy atom. The minimum Gasteiger partial charge on any atom is -0.326 e. The van der Waals surface area contributed by atoms with Gasteiger partial charge in [0.15, 0.2) is 0 Å². The molecule has 1 heterocycles. The minimum atomic E-state index is -0.526. The van der Waals surface area contributed by atoms with Gasteiger partial charge in [0.25, 0.3) is 0 Å². The predicted molar refractivity (Wildman–Crippen MR) is 85.3 cm³/mol. The summed E-state index contributed by atoms with van der Waals surface area (Å²) in [6, 6.07) is 4.09. The van der Waals surface area contributed by atoms with Crippen molar-refractivity contribution in [2.24, 2.45) is 5.92 Å². The third-order valence-electron chi connectivity index (χ3n) is 3.87. The molecule has 0 aliphatic carbocycles. The number of amides is 2. The van der Waals surface area contributed by atoms with Gasteiger partial charge in [-0.15, -0.1) is 0 Å². The number of carbonyl (C=O) groups excluding carboxylic acids is 2. The van der Waals surface area contributed by atoms with E-state index in [0.29, 0.717) is 12.1 Å². The fraction of sp³-hybridized carbons (Fsp3) is 0.500. The first kappa shape index (κ1) is 17.4. The number of hydrogen-bond donors (Lipinski definition) is 2. The smallest absolute Gasteiger partial charge is 0.224 e. The number of hydrogen-bond acceptors (Lipinski definition) is 4. The highest BCUT2D eigenvalue weighted by atomic mass is 19.1. The summed E-state index contributed by atoms with van der Waals surface area (Å²) in [5.74, 6) is -0.733. The van der Waals surface area contributed by atoms with Gasteiger partial charge in [-0.2, -0.15) is 5.06 Å². The molecule has 0 atom stereocenters. The van der Waals surface area contributed by atoms with Gasteiger partial charge in [0, 0.05) is 32.1 Å². The molecule has 1 aliphatic rings. The Balaban J connectivity index is 1.91. The molecule has 1 aromatic carbocycles. The lowest BCUT2D eigenvalue weighted by molar-refractivity contribution is -0.149. The molecule has 2 amide bonds. The molecule has 1 aliphatic heterocycles. The zero-order valence-electron chi connectivity index (χ0n) is 13.4. The predicted octanol–water partition coefficient (Wildman–Crippen LogP) is 2.39. The Morgan fingerprint density at radius 3 is 2.61 bits per heavy atom. The third-order valence-corrected chi connectivity index (χ3v) is 3.87. The van der Waals surface area contributed by atoms with E-state index in [9.17, 15) is 14.0 Å². The molecule has 0 unspecified atom stereocenters. The summed E-state index contributed by atoms with van der Waals surface area (Å²) in [7, 11) is 1.64. The van der Waals surface area contributed by atoms with E-state index in [2.05, 4.69) is 10.6 Å². The molecule has 0 spiro atoms. The molecule has 2 N–H and O–H groups in total. The number of nitrogens with one attached hydrogen (secondary N) is 2. The van der Waals surface area contributed by atoms with Crippen LogP contribution in [0.25, 0.3) is 0 Å². The van der Waals surface area contributed by atoms with Crippen LogP contribution >= 0.6 is 0 Å². The molecule has 0 bridgehead atoms. The van der Waals surface area contributed by atoms with Crippen LogP contribution < -0.4 is 10.6 Å². The van der Waals surface area contributed by atoms with Gasteiger partial charge in [-0.3, -0.25) is 9.59 Å². The highest BCUT2D eigenvalue weighted by Gasteiger charge is 2.21. The van der Waals surface area contributed by atoms with E-state index in [1.807, 2.05) is 5.06 Å². The number of anilines is 2. The maximum atomic E-state index is 13.8. The molecule has 2 rings (SSSR count). The molecule has 23 heavy (non-hydrogen) atoms. The lowest BCUT2D eigenvalue weighted by atomic mass is 9.94. The van der Waals surface area contributed by atoms with Gasteiger partial charge < -0.3 is 15.5 Å². The van der Waals surface area contributed by atoms with Crippen LogP contribution in [0, 0.1) is 11.7 Å². The highest BCUT2D eigenvalue weighted by molar-refractivity contribution is 5.93. The SMILES string of the molecule is CON1CCC(CC(=O)Nc2cc(NC(C)=O)ccc2F)CC1. The average molecular weight is 323 g/mol. The Kier molecular flexibility index (Phi) is 6.06. The Labute approximate surface area is 134 Å². The maximum Gasteiger partial charge on any atom is 0.224 e. The van der Waals surface area contributed by atoms with Crippen LogP contribution in [0.3, 0.4) is 0 Å². The maximum absolute atomic E-state index is 13.8. The van der Waals surface area contributed by atoms with Crippen LogP contribution in [-0.4, -0.2) is 37.1 Å². The lowest BCUT2D eigenvalue weighted by Gasteiger charge is -2.29. The first-order chi connectivity index (χ1) is 11.0. The van der Waals surface area contributed by atoms with Crippen molar-refractivity contribution in [3.8, 4) is 0 Å². The second-order valence-corrected chi connectivity index (χ2v) is 5.68. The average Bonchev–Trinajstić information content (AvgIpc) is 2.51. The van der Waals surface area contributed by atoms with Crippen molar-refractivity contribution in [3.63, 3.8) is 0 Å². The number of carbonyl (C=O) groups is 2. The van der Waals surface area contributed by atoms with Crippen molar-refractivity contribution in [2.75, 3.05) is 30.8 Å². The molecular weight excluding hydrogens is 301 g/mol. The normalized spacial score (nSPS) is 16.1. The fourth-order valence-corrected chi connectivity index (χ4v) is 2.66. The van der Waals surface area contributed by atoms with Crippen molar-refractivity contribution in [2.45, 2.75) is 26.2 Å². The zero-order chi connectivity index (χ0) is 16.8. The molecule has 0 aromatic heterocycles. The fourth-order valence-electron chi connectivity index (χ4n) is 2.66. The monoisotopic (exact) mass is 323 g/mol. The number of hydroxylamine groups is 2. The molecule has 1 saturated heterocycles. The van der Waals surface area contributed by atoms with Gasteiger partial charge in [-0.1, -0.05) is 0 Å². The molecular formula is C16H22FN3O3. The van der Waals surface area contributed by atoms with Gasteiger partial charge >= 0.3 is 0 Å². The van der Waals surface area contributed by atoms with Crippen LogP contribution in [0.1, 0.15) is 26.2 Å². The Hall–Kier alpha value is -1.99. The number of piperidine rings is 1. The standard InChI is InChI=1S/C16H22FN3O3/c1-11(21)18-13-3-4-14(17)15(10-13)19-16(22)9-12-5-7-20(23-2)8-6-12/h3-4,10,12H,5-9H2,1-2H3,(H,18,21)(H,19,22). The number of nitrogens with zero attached hydrogens (tertiary/aromatic N) is 1. The summed E-state index contributed by atoms with van der Waals surface area (Å²) in [6.07, 6.45) is 2.09. The van der Waals surface area contributed by atoms with Crippen LogP contribution in [0.5, 0.6) is 0 Å². The first-order valence-corrected chi connectivity index (χ1v) is 7.64. The second kappa shape index (κ2) is 8.03. The van der Waals surface area contributed by atoms with E-state index in [0.717, 1.165) is 25.9 Å². The summed E-state index contributed by atoms with van der Waals surface area (Å²) in [4.78, 5) is 28.3. The van der Waals surface area contributed by atoms with Crippen molar-refractivity contribution in [1.29, 1.82) is 0 Å². The molecule has 126 valence electrons. The summed E-state index contributed by atoms with van der Waals surface area (Å²) in [6.45, 7) is 2.95. The minimum absolute atomic E-state index is 0.0792. The number of benzene rings is 1. The first-order valence-electron chi connectivity index (χ1n) is 7.64. The molecule has 6 nitrogen and oxygen atoms in total. The molecule has 0 radical (unpaired) electrons. The topological polar surface area (TPSA) is 70.7 Å². The molecule has 1 aromatic rings. The highest BCUT2D eigenvalue weighted by Crippen LogP contribution is 2.23. The van der Waals surface area contributed by atoms with Gasteiger partial charge in [0.1, 0.15) is 5.82 Å². The Morgan fingerprint density at radius 1 is 1.30 bits per heavy atom. The van der Waals surface area contributed by atoms with Crippen molar-refractivity contribution in [3.05, 3.63) is 24.0 Å². The molecule has 1 fully saturated rings. The van der Waals surface area contributed by atoms with E-state index < -0.39 is 5.82 Å². The van der Waals surface area contributed by atoms with Crippen LogP contribution in [0.2, 0.25) is 0 Å². The summed E-state index contributed by atoms with van der Waals surface area (Å²) in [5.41, 5.74) is 0.526. The lowest BCUT2D eigenvalue weighted by Crippen LogP contribution is -2.34. The van der Waals surface area contributed by atoms with Crippen LogP contribution in [0.4, 0.5) is 15.8 Å². The van der Waals surface area contributed by atoms with E-state index in [-0.39, 0.29) is 23.4 Å². The van der Waals surface area contributed by atoms with Crippen LogP contribution in [-0.2, 0) is 14.4 Å². The quantitative estimate of drug-likeness (QED) is 0.873. The third kappa shape index (κ3) is 5.30. The van der Waals surface area contributed by atoms with E-state index >= 15 is 0 Å². The zero-order valence-corrected chi connectivity index (χ0v) is 13.4. The molecule has 7 heteroatoms. The number of halogens is 1. The summed E-state index contributed by atoms with van der Waals surface area (Å²) < 4.78 is 13.8. The Bertz CT molecular complexity index is 572. The second-order valence-electron chi connectivity index (χ2n) is 5.68. The van der Waals surface area contributed by atoms with Crippen molar-refractivity contribution >= 4 is 23.2 Å². The van der Waals surface area contributed by atoms with Gasteiger partial charge in [0.2, 0.25) is 11.8 Å². The van der Waals surface area contributed by atoms with Crippen LogP contribution in [0.15, 0.2) is 18.2 Å². The van der Waals surface area contributed by atoms with Crippen molar-refractivity contribution in [1.82, 2.24) is 5.06 Å². The number of rotatable bonds is 5. The van der Waals surface area contributed by atoms with Gasteiger partial charge in [-0.05, 0) is 37.0 Å². The van der Waals surface area contributed by atoms with Crippen molar-refractivity contribution < 1.29 is 18.8 Å². The largest absolute Gasteiger partial charge is 0.326 e. The van der Waals surface area contributed by atoms with Gasteiger partial charge in [0.05, 0.1) is 12.8 Å². The van der Waals surface area contributed by atoms with E-state index in [4.69, 9.17) is 4.84 Å².